The van der Waals surface area contributed by atoms with E-state index in [2.05, 4.69) is 15.3 Å². The van der Waals surface area contributed by atoms with Gasteiger partial charge in [-0.3, -0.25) is 4.98 Å². The topological polar surface area (TPSA) is 37.8 Å². The molecule has 1 N–H and O–H groups in total. The van der Waals surface area contributed by atoms with E-state index in [0.717, 1.165) is 12.4 Å². The second kappa shape index (κ2) is 4.55. The summed E-state index contributed by atoms with van der Waals surface area (Å²) >= 11 is 0. The molecular weight excluding hydrogens is 186 g/mol. The zero-order valence-electron chi connectivity index (χ0n) is 8.64. The van der Waals surface area contributed by atoms with Crippen molar-refractivity contribution in [1.82, 2.24) is 9.97 Å². The Balaban J connectivity index is 1.96. The fourth-order valence-corrected chi connectivity index (χ4v) is 1.27. The van der Waals surface area contributed by atoms with Gasteiger partial charge in [0.05, 0.1) is 0 Å². The first-order valence-corrected chi connectivity index (χ1v) is 4.90. The minimum atomic E-state index is 0.776. The Hall–Kier alpha value is -1.90. The highest BCUT2D eigenvalue weighted by atomic mass is 15.0. The normalized spacial score (nSPS) is 9.93. The smallest absolute Gasteiger partial charge is 0.126 e. The number of pyridine rings is 2. The Kier molecular flexibility index (Phi) is 2.93. The molecule has 2 aromatic heterocycles. The second-order valence-electron chi connectivity index (χ2n) is 3.43. The molecule has 0 bridgehead atoms. The van der Waals surface area contributed by atoms with Gasteiger partial charge in [-0.05, 0) is 36.2 Å². The third-order valence-electron chi connectivity index (χ3n) is 2.13. The standard InChI is InChI=1S/C12H13N3/c1-10-2-3-12(14-8-10)15-9-11-4-6-13-7-5-11/h2-8H,9H2,1H3,(H,14,15). The SMILES string of the molecule is Cc1ccc(NCc2ccncc2)nc1. The third kappa shape index (κ3) is 2.77. The predicted molar refractivity (Wildman–Crippen MR) is 60.5 cm³/mol. The van der Waals surface area contributed by atoms with Crippen LogP contribution >= 0.6 is 0 Å². The Morgan fingerprint density at radius 2 is 1.93 bits per heavy atom. The molecule has 0 aliphatic rings. The summed E-state index contributed by atoms with van der Waals surface area (Å²) in [6.45, 7) is 2.80. The van der Waals surface area contributed by atoms with Crippen LogP contribution in [-0.4, -0.2) is 9.97 Å². The molecule has 0 aliphatic carbocycles. The van der Waals surface area contributed by atoms with Crippen molar-refractivity contribution in [2.45, 2.75) is 13.5 Å². The minimum absolute atomic E-state index is 0.776. The van der Waals surface area contributed by atoms with Gasteiger partial charge in [0.1, 0.15) is 5.82 Å². The van der Waals surface area contributed by atoms with E-state index in [0.29, 0.717) is 0 Å². The number of hydrogen-bond donors (Lipinski definition) is 1. The van der Waals surface area contributed by atoms with E-state index < -0.39 is 0 Å². The molecule has 0 saturated carbocycles. The average molecular weight is 199 g/mol. The Bertz CT molecular complexity index is 409. The first-order chi connectivity index (χ1) is 7.34. The molecule has 2 rings (SSSR count). The molecule has 0 saturated heterocycles. The Morgan fingerprint density at radius 3 is 2.60 bits per heavy atom. The fraction of sp³-hybridized carbons (Fsp3) is 0.167. The van der Waals surface area contributed by atoms with Crippen LogP contribution in [0.3, 0.4) is 0 Å². The van der Waals surface area contributed by atoms with Crippen LogP contribution in [0.25, 0.3) is 0 Å². The van der Waals surface area contributed by atoms with Gasteiger partial charge in [0.25, 0.3) is 0 Å². The number of nitrogens with one attached hydrogen (secondary N) is 1. The highest BCUT2D eigenvalue weighted by Gasteiger charge is 1.93. The maximum Gasteiger partial charge on any atom is 0.126 e. The maximum atomic E-state index is 4.27. The number of aryl methyl sites for hydroxylation is 1. The third-order valence-corrected chi connectivity index (χ3v) is 2.13. The van der Waals surface area contributed by atoms with Crippen LogP contribution in [-0.2, 0) is 6.54 Å². The predicted octanol–water partition coefficient (Wildman–Crippen LogP) is 2.40. The first kappa shape index (κ1) is 9.65. The van der Waals surface area contributed by atoms with E-state index in [-0.39, 0.29) is 0 Å². The summed E-state index contributed by atoms with van der Waals surface area (Å²) in [4.78, 5) is 8.24. The quantitative estimate of drug-likeness (QED) is 0.824. The summed E-state index contributed by atoms with van der Waals surface area (Å²) < 4.78 is 0. The van der Waals surface area contributed by atoms with Crippen LogP contribution in [0.2, 0.25) is 0 Å². The van der Waals surface area contributed by atoms with Gasteiger partial charge in [0.15, 0.2) is 0 Å². The van der Waals surface area contributed by atoms with E-state index in [1.807, 2.05) is 37.4 Å². The van der Waals surface area contributed by atoms with Crippen molar-refractivity contribution in [2.75, 3.05) is 5.32 Å². The van der Waals surface area contributed by atoms with Crippen LogP contribution < -0.4 is 5.32 Å². The number of aromatic nitrogens is 2. The molecule has 0 unspecified atom stereocenters. The molecular formula is C12H13N3. The number of anilines is 1. The van der Waals surface area contributed by atoms with Gasteiger partial charge in [-0.2, -0.15) is 0 Å². The lowest BCUT2D eigenvalue weighted by Gasteiger charge is -2.05. The largest absolute Gasteiger partial charge is 0.366 e. The van der Waals surface area contributed by atoms with Crippen LogP contribution in [0.1, 0.15) is 11.1 Å². The molecule has 76 valence electrons. The van der Waals surface area contributed by atoms with Gasteiger partial charge in [0.2, 0.25) is 0 Å². The molecule has 3 nitrogen and oxygen atoms in total. The zero-order valence-corrected chi connectivity index (χ0v) is 8.64. The summed E-state index contributed by atoms with van der Waals surface area (Å²) in [5.74, 6) is 0.900. The second-order valence-corrected chi connectivity index (χ2v) is 3.43. The van der Waals surface area contributed by atoms with Gasteiger partial charge in [-0.25, -0.2) is 4.98 Å². The molecule has 0 atom stereocenters. The van der Waals surface area contributed by atoms with E-state index in [9.17, 15) is 0 Å². The van der Waals surface area contributed by atoms with Crippen LogP contribution in [0.5, 0.6) is 0 Å². The van der Waals surface area contributed by atoms with Crippen molar-refractivity contribution in [2.24, 2.45) is 0 Å². The Morgan fingerprint density at radius 1 is 1.13 bits per heavy atom. The van der Waals surface area contributed by atoms with Crippen LogP contribution in [0.4, 0.5) is 5.82 Å². The summed E-state index contributed by atoms with van der Waals surface area (Å²) in [5, 5.41) is 3.25. The molecule has 3 heteroatoms. The molecule has 15 heavy (non-hydrogen) atoms. The van der Waals surface area contributed by atoms with E-state index in [4.69, 9.17) is 0 Å². The van der Waals surface area contributed by atoms with Crippen LogP contribution in [0, 0.1) is 6.92 Å². The lowest BCUT2D eigenvalue weighted by molar-refractivity contribution is 1.09. The molecule has 0 radical (unpaired) electrons. The van der Waals surface area contributed by atoms with Gasteiger partial charge in [-0.15, -0.1) is 0 Å². The van der Waals surface area contributed by atoms with Gasteiger partial charge in [-0.1, -0.05) is 6.07 Å². The number of nitrogens with zero attached hydrogens (tertiary/aromatic N) is 2. The average Bonchev–Trinajstić information content (AvgIpc) is 2.30. The Labute approximate surface area is 89.2 Å². The van der Waals surface area contributed by atoms with Gasteiger partial charge < -0.3 is 5.32 Å². The highest BCUT2D eigenvalue weighted by molar-refractivity contribution is 5.36. The molecule has 0 aliphatic heterocycles. The van der Waals surface area contributed by atoms with Crippen LogP contribution in [0.15, 0.2) is 42.9 Å². The monoisotopic (exact) mass is 199 g/mol. The molecule has 0 fully saturated rings. The molecule has 2 aromatic rings. The molecule has 0 amide bonds. The lowest BCUT2D eigenvalue weighted by Crippen LogP contribution is -2.00. The number of hydrogen-bond acceptors (Lipinski definition) is 3. The fourth-order valence-electron chi connectivity index (χ4n) is 1.27. The van der Waals surface area contributed by atoms with Crippen molar-refractivity contribution in [3.63, 3.8) is 0 Å². The summed E-state index contributed by atoms with van der Waals surface area (Å²) in [6, 6.07) is 8.00. The van der Waals surface area contributed by atoms with Gasteiger partial charge in [0, 0.05) is 25.1 Å². The maximum absolute atomic E-state index is 4.27. The van der Waals surface area contributed by atoms with Crippen molar-refractivity contribution in [3.05, 3.63) is 54.0 Å². The van der Waals surface area contributed by atoms with E-state index in [1.165, 1.54) is 11.1 Å². The first-order valence-electron chi connectivity index (χ1n) is 4.90. The summed E-state index contributed by atoms with van der Waals surface area (Å²) in [6.07, 6.45) is 5.44. The van der Waals surface area contributed by atoms with Crippen molar-refractivity contribution in [1.29, 1.82) is 0 Å². The van der Waals surface area contributed by atoms with E-state index in [1.54, 1.807) is 12.4 Å². The summed E-state index contributed by atoms with van der Waals surface area (Å²) in [5.41, 5.74) is 2.37. The molecule has 2 heterocycles. The van der Waals surface area contributed by atoms with Crippen molar-refractivity contribution < 1.29 is 0 Å². The zero-order chi connectivity index (χ0) is 10.5. The van der Waals surface area contributed by atoms with Crippen molar-refractivity contribution in [3.8, 4) is 0 Å². The highest BCUT2D eigenvalue weighted by Crippen LogP contribution is 2.06. The van der Waals surface area contributed by atoms with Gasteiger partial charge >= 0.3 is 0 Å². The number of rotatable bonds is 3. The summed E-state index contributed by atoms with van der Waals surface area (Å²) in [7, 11) is 0. The van der Waals surface area contributed by atoms with E-state index >= 15 is 0 Å². The van der Waals surface area contributed by atoms with Crippen molar-refractivity contribution >= 4 is 5.82 Å². The minimum Gasteiger partial charge on any atom is -0.366 e. The molecule has 0 spiro atoms. The lowest BCUT2D eigenvalue weighted by atomic mass is 10.2. The molecule has 0 aromatic carbocycles.